The molecule has 4 N–H and O–H groups in total. The van der Waals surface area contributed by atoms with E-state index < -0.39 is 32.2 Å². The average molecular weight is 789 g/mol. The number of hydrogen-bond donors (Lipinski definition) is 3. The van der Waals surface area contributed by atoms with Gasteiger partial charge >= 0.3 is 7.82 Å². The largest absolute Gasteiger partial charge is 0.472 e. The number of aliphatic hydroxyl groups is 1. The molecular formula is C40H65N6O8P. The predicted molar refractivity (Wildman–Crippen MR) is 212 cm³/mol. The van der Waals surface area contributed by atoms with Crippen LogP contribution in [-0.2, 0) is 40.9 Å². The molecule has 14 nitrogen and oxygen atoms in total. The number of hydrogen-bond acceptors (Lipinski definition) is 12. The van der Waals surface area contributed by atoms with Crippen molar-refractivity contribution in [3.05, 3.63) is 53.7 Å². The van der Waals surface area contributed by atoms with Gasteiger partial charge in [0.05, 0.1) is 38.2 Å². The summed E-state index contributed by atoms with van der Waals surface area (Å²) in [5.41, 5.74) is 6.56. The normalized spacial score (nSPS) is 15.1. The fourth-order valence-electron chi connectivity index (χ4n) is 6.23. The maximum atomic E-state index is 13.0. The van der Waals surface area contributed by atoms with E-state index in [0.29, 0.717) is 29.3 Å². The lowest BCUT2D eigenvalue weighted by Gasteiger charge is -2.33. The minimum Gasteiger partial charge on any atom is -0.390 e. The Bertz CT molecular complexity index is 1590. The highest BCUT2D eigenvalue weighted by atomic mass is 31.2. The van der Waals surface area contributed by atoms with E-state index in [-0.39, 0.29) is 31.9 Å². The summed E-state index contributed by atoms with van der Waals surface area (Å²) in [6.07, 6.45) is 20.1. The van der Waals surface area contributed by atoms with E-state index in [4.69, 9.17) is 29.0 Å². The van der Waals surface area contributed by atoms with E-state index in [1.54, 1.807) is 41.8 Å². The smallest absolute Gasteiger partial charge is 0.390 e. The van der Waals surface area contributed by atoms with Crippen LogP contribution in [0.25, 0.3) is 5.52 Å². The number of anilines is 1. The number of methoxy groups -OCH3 is 1. The van der Waals surface area contributed by atoms with Gasteiger partial charge in [-0.2, -0.15) is 10.4 Å². The molecule has 0 bridgehead atoms. The van der Waals surface area contributed by atoms with Gasteiger partial charge in [-0.3, -0.25) is 9.05 Å². The summed E-state index contributed by atoms with van der Waals surface area (Å²) >= 11 is 0. The molecule has 0 aliphatic carbocycles. The molecule has 0 saturated carbocycles. The number of nitrogen functional groups attached to an aromatic ring is 1. The Kier molecular flexibility index (Phi) is 22.0. The van der Waals surface area contributed by atoms with E-state index in [1.165, 1.54) is 96.9 Å². The van der Waals surface area contributed by atoms with Gasteiger partial charge in [0.1, 0.15) is 35.3 Å². The lowest BCUT2D eigenvalue weighted by Crippen LogP contribution is -2.46. The first-order chi connectivity index (χ1) is 26.6. The first-order valence-corrected chi connectivity index (χ1v) is 21.6. The van der Waals surface area contributed by atoms with Crippen molar-refractivity contribution in [2.75, 3.05) is 39.3 Å². The lowest BCUT2D eigenvalue weighted by molar-refractivity contribution is -0.116. The molecule has 3 rings (SSSR count). The topological polar surface area (TPSA) is 197 Å². The Balaban J connectivity index is 1.38. The molecule has 0 spiro atoms. The zero-order chi connectivity index (χ0) is 39.8. The molecule has 0 amide bonds. The lowest BCUT2D eigenvalue weighted by atomic mass is 9.96. The highest BCUT2D eigenvalue weighted by Crippen LogP contribution is 2.44. The van der Waals surface area contributed by atoms with Gasteiger partial charge in [0, 0.05) is 25.8 Å². The van der Waals surface area contributed by atoms with Gasteiger partial charge in [0.15, 0.2) is 5.82 Å². The third-order valence-corrected chi connectivity index (χ3v) is 10.8. The Morgan fingerprint density at radius 1 is 0.927 bits per heavy atom. The van der Waals surface area contributed by atoms with Crippen molar-refractivity contribution >= 4 is 19.2 Å². The maximum Gasteiger partial charge on any atom is 0.472 e. The van der Waals surface area contributed by atoms with Gasteiger partial charge in [0.25, 0.3) is 0 Å². The van der Waals surface area contributed by atoms with Crippen LogP contribution in [0.4, 0.5) is 5.82 Å². The Hall–Kier alpha value is -2.99. The van der Waals surface area contributed by atoms with Crippen molar-refractivity contribution < 1.29 is 37.8 Å². The fraction of sp³-hybridized carbons (Fsp3) is 0.700. The van der Waals surface area contributed by atoms with Crippen molar-refractivity contribution in [1.29, 1.82) is 5.26 Å². The molecule has 0 saturated heterocycles. The van der Waals surface area contributed by atoms with Crippen LogP contribution in [0.1, 0.15) is 134 Å². The number of rotatable bonds is 32. The quantitative estimate of drug-likeness (QED) is 0.0408. The highest BCUT2D eigenvalue weighted by Gasteiger charge is 2.38. The molecule has 308 valence electrons. The Morgan fingerprint density at radius 2 is 1.56 bits per heavy atom. The third kappa shape index (κ3) is 17.8. The summed E-state index contributed by atoms with van der Waals surface area (Å²) in [7, 11) is -3.25. The number of nitriles is 1. The number of pyridine rings is 1. The Labute approximate surface area is 327 Å². The number of nitrogens with zero attached hydrogens (tertiary/aromatic N) is 5. The standard InChI is InChI=1S/C40H65N6O8P/c1-4-5-6-7-8-9-10-11-12-13-14-15-16-17-18-19-25-51-29-36(52-28-34-22-20-21-33(27-41)45-34)30-53-55(48,49)54-31-40(2,50-3)38(47)26-35-23-24-37-39(42)43-32-44-46(35)37/h20-24,32,36,38,47H,4-19,25-26,28-31H2,1-3H3,(H,48,49)(H2,42,43,44)/t36-,38+,40-/m1/s1. The minimum atomic E-state index is -4.63. The summed E-state index contributed by atoms with van der Waals surface area (Å²) in [6, 6.07) is 10.5. The molecule has 3 aromatic rings. The molecular weight excluding hydrogens is 723 g/mol. The van der Waals surface area contributed by atoms with Gasteiger partial charge in [-0.05, 0) is 37.6 Å². The van der Waals surface area contributed by atoms with Gasteiger partial charge in [-0.15, -0.1) is 0 Å². The molecule has 3 heterocycles. The van der Waals surface area contributed by atoms with Crippen LogP contribution >= 0.6 is 7.82 Å². The number of phosphoric ester groups is 1. The number of ether oxygens (including phenoxy) is 3. The molecule has 15 heteroatoms. The second kappa shape index (κ2) is 26.0. The van der Waals surface area contributed by atoms with E-state index in [2.05, 4.69) is 22.0 Å². The van der Waals surface area contributed by atoms with Gasteiger partial charge in [0.2, 0.25) is 0 Å². The zero-order valence-corrected chi connectivity index (χ0v) is 34.2. The fourth-order valence-corrected chi connectivity index (χ4v) is 7.08. The number of phosphoric acid groups is 1. The molecule has 4 atom stereocenters. The van der Waals surface area contributed by atoms with Crippen molar-refractivity contribution in [2.45, 2.75) is 147 Å². The van der Waals surface area contributed by atoms with E-state index >= 15 is 0 Å². The number of aliphatic hydroxyl groups excluding tert-OH is 1. The van der Waals surface area contributed by atoms with Crippen molar-refractivity contribution in [1.82, 2.24) is 19.6 Å². The average Bonchev–Trinajstić information content (AvgIpc) is 3.60. The van der Waals surface area contributed by atoms with Gasteiger partial charge < -0.3 is 29.9 Å². The number of nitrogens with two attached hydrogens (primary N) is 1. The summed E-state index contributed by atoms with van der Waals surface area (Å²) < 4.78 is 42.7. The Morgan fingerprint density at radius 3 is 2.18 bits per heavy atom. The third-order valence-electron chi connectivity index (χ3n) is 9.91. The maximum absolute atomic E-state index is 13.0. The molecule has 0 aliphatic heterocycles. The van der Waals surface area contributed by atoms with Gasteiger partial charge in [-0.1, -0.05) is 109 Å². The van der Waals surface area contributed by atoms with Crippen molar-refractivity contribution in [3.8, 4) is 6.07 Å². The molecule has 0 fully saturated rings. The number of unbranched alkanes of at least 4 members (excludes halogenated alkanes) is 15. The van der Waals surface area contributed by atoms with Crippen LogP contribution < -0.4 is 5.73 Å². The SMILES string of the molecule is CCCCCCCCCCCCCCCCCCOC[C@H](COP(=O)(O)OC[C@@](C)(OC)[C@@H](O)Cc1ccc2c(N)ncnn12)OCc1cccc(C#N)n1. The molecule has 3 aromatic heterocycles. The molecule has 1 unspecified atom stereocenters. The number of aromatic nitrogens is 4. The first kappa shape index (κ1) is 46.4. The summed E-state index contributed by atoms with van der Waals surface area (Å²) in [5, 5.41) is 24.5. The monoisotopic (exact) mass is 788 g/mol. The van der Waals surface area contributed by atoms with E-state index in [0.717, 1.165) is 19.3 Å². The zero-order valence-electron chi connectivity index (χ0n) is 33.3. The van der Waals surface area contributed by atoms with Crippen molar-refractivity contribution in [2.24, 2.45) is 0 Å². The minimum absolute atomic E-state index is 0.0431. The molecule has 0 aliphatic rings. The highest BCUT2D eigenvalue weighted by molar-refractivity contribution is 7.47. The van der Waals surface area contributed by atoms with Crippen molar-refractivity contribution in [3.63, 3.8) is 0 Å². The summed E-state index contributed by atoms with van der Waals surface area (Å²) in [5.74, 6) is 0.298. The van der Waals surface area contributed by atoms with Crippen LogP contribution in [-0.4, -0.2) is 80.9 Å². The van der Waals surface area contributed by atoms with Crippen LogP contribution in [0.15, 0.2) is 36.7 Å². The van der Waals surface area contributed by atoms with Crippen LogP contribution in [0.2, 0.25) is 0 Å². The number of fused-ring (bicyclic) bond motifs is 1. The molecule has 0 aromatic carbocycles. The van der Waals surface area contributed by atoms with E-state index in [9.17, 15) is 19.8 Å². The van der Waals surface area contributed by atoms with Crippen LogP contribution in [0, 0.1) is 11.3 Å². The molecule has 55 heavy (non-hydrogen) atoms. The van der Waals surface area contributed by atoms with Crippen LogP contribution in [0.3, 0.4) is 0 Å². The molecule has 0 radical (unpaired) electrons. The van der Waals surface area contributed by atoms with Crippen LogP contribution in [0.5, 0.6) is 0 Å². The summed E-state index contributed by atoms with van der Waals surface area (Å²) in [4.78, 5) is 18.8. The van der Waals surface area contributed by atoms with Gasteiger partial charge in [-0.25, -0.2) is 19.0 Å². The predicted octanol–water partition coefficient (Wildman–Crippen LogP) is 7.88. The summed E-state index contributed by atoms with van der Waals surface area (Å²) in [6.45, 7) is 3.75. The van der Waals surface area contributed by atoms with E-state index in [1.807, 2.05) is 6.07 Å². The second-order valence-electron chi connectivity index (χ2n) is 14.5. The second-order valence-corrected chi connectivity index (χ2v) is 15.9. The first-order valence-electron chi connectivity index (χ1n) is 20.1.